The summed E-state index contributed by atoms with van der Waals surface area (Å²) in [6.07, 6.45) is 0. The highest BCUT2D eigenvalue weighted by Crippen LogP contribution is 2.25. The summed E-state index contributed by atoms with van der Waals surface area (Å²) in [6, 6.07) is 11.5. The second-order valence-corrected chi connectivity index (χ2v) is 5.59. The summed E-state index contributed by atoms with van der Waals surface area (Å²) in [6.45, 7) is 4.68. The van der Waals surface area contributed by atoms with E-state index in [0.29, 0.717) is 12.1 Å². The van der Waals surface area contributed by atoms with Crippen molar-refractivity contribution in [3.63, 3.8) is 0 Å². The van der Waals surface area contributed by atoms with Crippen LogP contribution in [0.25, 0.3) is 0 Å². The minimum absolute atomic E-state index is 0.398. The Morgan fingerprint density at radius 3 is 2.40 bits per heavy atom. The number of halogens is 1. The molecule has 1 amide bonds. The molecule has 104 valence electrons. The predicted molar refractivity (Wildman–Crippen MR) is 85.9 cm³/mol. The number of benzene rings is 2. The lowest BCUT2D eigenvalue weighted by Crippen LogP contribution is -2.15. The zero-order valence-corrected chi connectivity index (χ0v) is 13.1. The molecular formula is C16H17BrN2O. The Labute approximate surface area is 127 Å². The lowest BCUT2D eigenvalue weighted by molar-refractivity contribution is 0.0999. The van der Waals surface area contributed by atoms with Gasteiger partial charge >= 0.3 is 0 Å². The van der Waals surface area contributed by atoms with Crippen LogP contribution in [-0.4, -0.2) is 5.91 Å². The maximum Gasteiger partial charge on any atom is 0.249 e. The number of carbonyl (C=O) groups excluding carboxylic acids is 1. The highest BCUT2D eigenvalue weighted by atomic mass is 79.9. The summed E-state index contributed by atoms with van der Waals surface area (Å²) >= 11 is 3.55. The Kier molecular flexibility index (Phi) is 4.45. The average Bonchev–Trinajstić information content (AvgIpc) is 2.42. The van der Waals surface area contributed by atoms with E-state index in [1.165, 1.54) is 11.1 Å². The number of nitrogens with one attached hydrogen (secondary N) is 1. The van der Waals surface area contributed by atoms with Crippen LogP contribution in [0.3, 0.4) is 0 Å². The molecule has 0 heterocycles. The van der Waals surface area contributed by atoms with Crippen molar-refractivity contribution in [1.29, 1.82) is 0 Å². The fourth-order valence-electron chi connectivity index (χ4n) is 2.16. The zero-order valence-electron chi connectivity index (χ0n) is 11.5. The molecule has 4 heteroatoms. The average molecular weight is 333 g/mol. The molecule has 0 aliphatic rings. The van der Waals surface area contributed by atoms with Gasteiger partial charge in [-0.05, 0) is 48.7 Å². The largest absolute Gasteiger partial charge is 0.381 e. The molecule has 0 saturated heterocycles. The number of aryl methyl sites for hydroxylation is 2. The van der Waals surface area contributed by atoms with Crippen molar-refractivity contribution in [3.05, 3.63) is 63.1 Å². The minimum Gasteiger partial charge on any atom is -0.381 e. The van der Waals surface area contributed by atoms with Crippen molar-refractivity contribution in [3.8, 4) is 0 Å². The molecule has 0 aliphatic carbocycles. The van der Waals surface area contributed by atoms with Crippen molar-refractivity contribution in [1.82, 2.24) is 0 Å². The van der Waals surface area contributed by atoms with Gasteiger partial charge < -0.3 is 11.1 Å². The second kappa shape index (κ2) is 6.09. The first kappa shape index (κ1) is 14.6. The van der Waals surface area contributed by atoms with Crippen LogP contribution in [0, 0.1) is 13.8 Å². The minimum atomic E-state index is -0.398. The Hall–Kier alpha value is -1.81. The van der Waals surface area contributed by atoms with Crippen molar-refractivity contribution >= 4 is 27.5 Å². The number of nitrogens with two attached hydrogens (primary N) is 1. The van der Waals surface area contributed by atoms with E-state index >= 15 is 0 Å². The fourth-order valence-corrected chi connectivity index (χ4v) is 2.39. The number of amides is 1. The van der Waals surface area contributed by atoms with Crippen LogP contribution in [0.1, 0.15) is 27.0 Å². The number of primary amides is 1. The molecule has 0 unspecified atom stereocenters. The van der Waals surface area contributed by atoms with Gasteiger partial charge in [0.2, 0.25) is 5.91 Å². The van der Waals surface area contributed by atoms with E-state index in [-0.39, 0.29) is 0 Å². The molecular weight excluding hydrogens is 316 g/mol. The van der Waals surface area contributed by atoms with Crippen LogP contribution in [0.4, 0.5) is 5.69 Å². The molecule has 0 fully saturated rings. The van der Waals surface area contributed by atoms with Gasteiger partial charge in [0, 0.05) is 22.3 Å². The molecule has 0 aliphatic heterocycles. The van der Waals surface area contributed by atoms with E-state index in [9.17, 15) is 4.79 Å². The van der Waals surface area contributed by atoms with Crippen LogP contribution >= 0.6 is 15.9 Å². The SMILES string of the molecule is Cc1cc(NCc2ccccc2C(N)=O)cc(C)c1Br. The van der Waals surface area contributed by atoms with Gasteiger partial charge in [0.25, 0.3) is 0 Å². The Balaban J connectivity index is 2.19. The van der Waals surface area contributed by atoms with Crippen molar-refractivity contribution < 1.29 is 4.79 Å². The molecule has 0 atom stereocenters. The molecule has 2 aromatic rings. The van der Waals surface area contributed by atoms with Gasteiger partial charge in [-0.15, -0.1) is 0 Å². The molecule has 0 spiro atoms. The molecule has 0 radical (unpaired) electrons. The van der Waals surface area contributed by atoms with Gasteiger partial charge in [-0.2, -0.15) is 0 Å². The lowest BCUT2D eigenvalue weighted by atomic mass is 10.1. The predicted octanol–water partition coefficient (Wildman–Crippen LogP) is 3.78. The van der Waals surface area contributed by atoms with Crippen LogP contribution in [-0.2, 0) is 6.54 Å². The lowest BCUT2D eigenvalue weighted by Gasteiger charge is -2.12. The number of hydrogen-bond donors (Lipinski definition) is 2. The first-order valence-electron chi connectivity index (χ1n) is 6.37. The standard InChI is InChI=1S/C16H17BrN2O/c1-10-7-13(8-11(2)15(10)17)19-9-12-5-3-4-6-14(12)16(18)20/h3-8,19H,9H2,1-2H3,(H2,18,20). The molecule has 0 bridgehead atoms. The molecule has 3 nitrogen and oxygen atoms in total. The van der Waals surface area contributed by atoms with Crippen LogP contribution in [0.5, 0.6) is 0 Å². The van der Waals surface area contributed by atoms with Crippen LogP contribution < -0.4 is 11.1 Å². The number of hydrogen-bond acceptors (Lipinski definition) is 2. The smallest absolute Gasteiger partial charge is 0.249 e. The molecule has 3 N–H and O–H groups in total. The summed E-state index contributed by atoms with van der Waals surface area (Å²) in [5.41, 5.74) is 10.2. The maximum absolute atomic E-state index is 11.4. The van der Waals surface area contributed by atoms with E-state index in [1.54, 1.807) is 6.07 Å². The molecule has 0 saturated carbocycles. The normalized spacial score (nSPS) is 10.3. The third kappa shape index (κ3) is 3.20. The van der Waals surface area contributed by atoms with Gasteiger partial charge in [0.15, 0.2) is 0 Å². The number of rotatable bonds is 4. The van der Waals surface area contributed by atoms with Crippen molar-refractivity contribution in [2.75, 3.05) is 5.32 Å². The van der Waals surface area contributed by atoms with E-state index < -0.39 is 5.91 Å². The Morgan fingerprint density at radius 1 is 1.20 bits per heavy atom. The van der Waals surface area contributed by atoms with Crippen molar-refractivity contribution in [2.45, 2.75) is 20.4 Å². The number of anilines is 1. The first-order valence-corrected chi connectivity index (χ1v) is 7.16. The third-order valence-electron chi connectivity index (χ3n) is 3.20. The van der Waals surface area contributed by atoms with Gasteiger partial charge in [-0.25, -0.2) is 0 Å². The van der Waals surface area contributed by atoms with Crippen LogP contribution in [0.2, 0.25) is 0 Å². The van der Waals surface area contributed by atoms with E-state index in [4.69, 9.17) is 5.73 Å². The second-order valence-electron chi connectivity index (χ2n) is 4.80. The molecule has 0 aromatic heterocycles. The Bertz CT molecular complexity index is 630. The number of carbonyl (C=O) groups is 1. The molecule has 2 aromatic carbocycles. The zero-order chi connectivity index (χ0) is 14.7. The Morgan fingerprint density at radius 2 is 1.80 bits per heavy atom. The van der Waals surface area contributed by atoms with E-state index in [2.05, 4.69) is 47.2 Å². The molecule has 2 rings (SSSR count). The van der Waals surface area contributed by atoms with Gasteiger partial charge in [-0.1, -0.05) is 34.1 Å². The topological polar surface area (TPSA) is 55.1 Å². The van der Waals surface area contributed by atoms with Gasteiger partial charge in [0.1, 0.15) is 0 Å². The summed E-state index contributed by atoms with van der Waals surface area (Å²) in [5, 5.41) is 3.34. The highest BCUT2D eigenvalue weighted by molar-refractivity contribution is 9.10. The highest BCUT2D eigenvalue weighted by Gasteiger charge is 2.07. The fraction of sp³-hybridized carbons (Fsp3) is 0.188. The van der Waals surface area contributed by atoms with Crippen molar-refractivity contribution in [2.24, 2.45) is 5.73 Å². The van der Waals surface area contributed by atoms with Crippen LogP contribution in [0.15, 0.2) is 40.9 Å². The van der Waals surface area contributed by atoms with Gasteiger partial charge in [0.05, 0.1) is 0 Å². The summed E-state index contributed by atoms with van der Waals surface area (Å²) in [4.78, 5) is 11.4. The monoisotopic (exact) mass is 332 g/mol. The van der Waals surface area contributed by atoms with Gasteiger partial charge in [-0.3, -0.25) is 4.79 Å². The quantitative estimate of drug-likeness (QED) is 0.895. The maximum atomic E-state index is 11.4. The first-order chi connectivity index (χ1) is 9.49. The third-order valence-corrected chi connectivity index (χ3v) is 4.45. The van der Waals surface area contributed by atoms with E-state index in [0.717, 1.165) is 15.7 Å². The molecule has 20 heavy (non-hydrogen) atoms. The summed E-state index contributed by atoms with van der Waals surface area (Å²) < 4.78 is 1.13. The van der Waals surface area contributed by atoms with E-state index in [1.807, 2.05) is 18.2 Å². The summed E-state index contributed by atoms with van der Waals surface area (Å²) in [7, 11) is 0. The summed E-state index contributed by atoms with van der Waals surface area (Å²) in [5.74, 6) is -0.398.